The zero-order valence-electron chi connectivity index (χ0n) is 13.4. The summed E-state index contributed by atoms with van der Waals surface area (Å²) in [5.74, 6) is -1.67. The summed E-state index contributed by atoms with van der Waals surface area (Å²) in [6, 6.07) is 2.12. The van der Waals surface area contributed by atoms with Crippen LogP contribution in [0.5, 0.6) is 0 Å². The summed E-state index contributed by atoms with van der Waals surface area (Å²) in [5, 5.41) is 2.76. The third kappa shape index (κ3) is 3.53. The molecule has 3 rings (SSSR count). The SMILES string of the molecule is CC1(NC(=O)CN2CCCc3cc(F)cc(F)c32)CCS(=O)(=O)C1. The smallest absolute Gasteiger partial charge is 0.239 e. The normalized spacial score (nSPS) is 25.4. The summed E-state index contributed by atoms with van der Waals surface area (Å²) in [6.45, 7) is 2.12. The Morgan fingerprint density at radius 2 is 2.12 bits per heavy atom. The van der Waals surface area contributed by atoms with E-state index in [1.165, 1.54) is 6.07 Å². The molecule has 1 N–H and O–H groups in total. The minimum Gasteiger partial charge on any atom is -0.360 e. The molecule has 1 unspecified atom stereocenters. The van der Waals surface area contributed by atoms with Gasteiger partial charge in [0.05, 0.1) is 29.3 Å². The van der Waals surface area contributed by atoms with Gasteiger partial charge in [-0.3, -0.25) is 4.79 Å². The van der Waals surface area contributed by atoms with Gasteiger partial charge in [0.25, 0.3) is 0 Å². The first-order valence-corrected chi connectivity index (χ1v) is 9.74. The number of fused-ring (bicyclic) bond motifs is 1. The molecule has 5 nitrogen and oxygen atoms in total. The molecule has 1 aromatic carbocycles. The molecule has 1 amide bonds. The lowest BCUT2D eigenvalue weighted by molar-refractivity contribution is -0.121. The topological polar surface area (TPSA) is 66.5 Å². The van der Waals surface area contributed by atoms with Gasteiger partial charge >= 0.3 is 0 Å². The Bertz CT molecular complexity index is 782. The number of sulfone groups is 1. The number of anilines is 1. The van der Waals surface area contributed by atoms with Crippen LogP contribution in [0.1, 0.15) is 25.3 Å². The highest BCUT2D eigenvalue weighted by Gasteiger charge is 2.39. The van der Waals surface area contributed by atoms with E-state index in [4.69, 9.17) is 0 Å². The van der Waals surface area contributed by atoms with Crippen LogP contribution >= 0.6 is 0 Å². The average Bonchev–Trinajstić information content (AvgIpc) is 2.71. The largest absolute Gasteiger partial charge is 0.360 e. The molecule has 0 saturated carbocycles. The van der Waals surface area contributed by atoms with Crippen molar-refractivity contribution < 1.29 is 22.0 Å². The van der Waals surface area contributed by atoms with Crippen molar-refractivity contribution in [1.29, 1.82) is 0 Å². The lowest BCUT2D eigenvalue weighted by atomic mass is 10.0. The molecular formula is C16H20F2N2O3S. The first-order valence-electron chi connectivity index (χ1n) is 7.92. The summed E-state index contributed by atoms with van der Waals surface area (Å²) in [7, 11) is -3.12. The molecule has 8 heteroatoms. The van der Waals surface area contributed by atoms with E-state index in [1.54, 1.807) is 11.8 Å². The summed E-state index contributed by atoms with van der Waals surface area (Å²) >= 11 is 0. The van der Waals surface area contributed by atoms with Crippen molar-refractivity contribution in [3.63, 3.8) is 0 Å². The quantitative estimate of drug-likeness (QED) is 0.887. The second-order valence-electron chi connectivity index (χ2n) is 6.87. The number of amides is 1. The zero-order chi connectivity index (χ0) is 17.5. The van der Waals surface area contributed by atoms with Gasteiger partial charge in [-0.25, -0.2) is 17.2 Å². The van der Waals surface area contributed by atoms with Crippen LogP contribution in [0.3, 0.4) is 0 Å². The highest BCUT2D eigenvalue weighted by Crippen LogP contribution is 2.31. The van der Waals surface area contributed by atoms with Gasteiger partial charge < -0.3 is 10.2 Å². The van der Waals surface area contributed by atoms with E-state index in [1.807, 2.05) is 0 Å². The van der Waals surface area contributed by atoms with Crippen LogP contribution in [0.4, 0.5) is 14.5 Å². The molecule has 0 aromatic heterocycles. The molecule has 0 radical (unpaired) electrons. The standard InChI is InChI=1S/C16H20F2N2O3S/c1-16(4-6-24(22,23)10-16)19-14(21)9-20-5-2-3-11-7-12(17)8-13(18)15(11)20/h7-8H,2-6,9-10H2,1H3,(H,19,21). The van der Waals surface area contributed by atoms with Gasteiger partial charge in [0.1, 0.15) is 11.6 Å². The van der Waals surface area contributed by atoms with E-state index in [9.17, 15) is 22.0 Å². The van der Waals surface area contributed by atoms with Crippen LogP contribution in [0.2, 0.25) is 0 Å². The molecular weight excluding hydrogens is 338 g/mol. The molecule has 1 atom stereocenters. The third-order valence-corrected chi connectivity index (χ3v) is 6.48. The monoisotopic (exact) mass is 358 g/mol. The number of aryl methyl sites for hydroxylation is 1. The minimum absolute atomic E-state index is 0.0598. The van der Waals surface area contributed by atoms with Gasteiger partial charge in [-0.1, -0.05) is 0 Å². The fraction of sp³-hybridized carbons (Fsp3) is 0.562. The number of nitrogens with zero attached hydrogens (tertiary/aromatic N) is 1. The number of hydrogen-bond acceptors (Lipinski definition) is 4. The van der Waals surface area contributed by atoms with Gasteiger partial charge in [0.2, 0.25) is 5.91 Å². The van der Waals surface area contributed by atoms with E-state index in [0.717, 1.165) is 6.07 Å². The molecule has 1 aromatic rings. The van der Waals surface area contributed by atoms with Crippen LogP contribution in [0, 0.1) is 11.6 Å². The van der Waals surface area contributed by atoms with Crippen molar-refractivity contribution in [2.24, 2.45) is 0 Å². The number of benzene rings is 1. The van der Waals surface area contributed by atoms with Crippen molar-refractivity contribution in [3.05, 3.63) is 29.3 Å². The highest BCUT2D eigenvalue weighted by molar-refractivity contribution is 7.91. The predicted molar refractivity (Wildman–Crippen MR) is 86.7 cm³/mol. The Hall–Kier alpha value is -1.70. The molecule has 1 fully saturated rings. The Labute approximate surface area is 139 Å². The van der Waals surface area contributed by atoms with E-state index in [0.29, 0.717) is 31.4 Å². The highest BCUT2D eigenvalue weighted by atomic mass is 32.2. The Kier molecular flexibility index (Phi) is 4.27. The van der Waals surface area contributed by atoms with Crippen molar-refractivity contribution >= 4 is 21.4 Å². The molecule has 24 heavy (non-hydrogen) atoms. The number of rotatable bonds is 3. The first-order chi connectivity index (χ1) is 11.2. The molecule has 1 saturated heterocycles. The second-order valence-corrected chi connectivity index (χ2v) is 9.06. The second kappa shape index (κ2) is 5.98. The molecule has 2 aliphatic rings. The van der Waals surface area contributed by atoms with Gasteiger partial charge in [-0.05, 0) is 37.8 Å². The van der Waals surface area contributed by atoms with Crippen molar-refractivity contribution in [1.82, 2.24) is 5.32 Å². The molecule has 0 bridgehead atoms. The van der Waals surface area contributed by atoms with Gasteiger partial charge in [-0.2, -0.15) is 0 Å². The van der Waals surface area contributed by atoms with Gasteiger partial charge in [-0.15, -0.1) is 0 Å². The molecule has 0 aliphatic carbocycles. The summed E-state index contributed by atoms with van der Waals surface area (Å²) < 4.78 is 50.7. The molecule has 0 spiro atoms. The van der Waals surface area contributed by atoms with Crippen molar-refractivity contribution in [2.75, 3.05) is 29.5 Å². The number of nitrogens with one attached hydrogen (secondary N) is 1. The van der Waals surface area contributed by atoms with Gasteiger partial charge in [0, 0.05) is 12.6 Å². The number of halogens is 2. The minimum atomic E-state index is -3.12. The van der Waals surface area contributed by atoms with E-state index < -0.39 is 27.0 Å². The third-order valence-electron chi connectivity index (χ3n) is 4.58. The molecule has 132 valence electrons. The average molecular weight is 358 g/mol. The molecule has 2 aliphatic heterocycles. The number of carbonyl (C=O) groups is 1. The van der Waals surface area contributed by atoms with E-state index in [2.05, 4.69) is 5.32 Å². The van der Waals surface area contributed by atoms with Crippen LogP contribution in [-0.4, -0.2) is 44.5 Å². The number of hydrogen-bond donors (Lipinski definition) is 1. The summed E-state index contributed by atoms with van der Waals surface area (Å²) in [5.41, 5.74) is 0.0405. The Balaban J connectivity index is 1.73. The van der Waals surface area contributed by atoms with Crippen LogP contribution in [-0.2, 0) is 21.1 Å². The van der Waals surface area contributed by atoms with Crippen LogP contribution < -0.4 is 10.2 Å². The van der Waals surface area contributed by atoms with E-state index >= 15 is 0 Å². The summed E-state index contributed by atoms with van der Waals surface area (Å²) in [4.78, 5) is 13.9. The predicted octanol–water partition coefficient (Wildman–Crippen LogP) is 1.41. The number of carbonyl (C=O) groups excluding carboxylic acids is 1. The van der Waals surface area contributed by atoms with Crippen LogP contribution in [0.15, 0.2) is 12.1 Å². The summed E-state index contributed by atoms with van der Waals surface area (Å²) in [6.07, 6.45) is 1.64. The van der Waals surface area contributed by atoms with E-state index in [-0.39, 0.29) is 29.6 Å². The maximum atomic E-state index is 14.1. The lowest BCUT2D eigenvalue weighted by Crippen LogP contribution is -2.51. The Morgan fingerprint density at radius 3 is 2.79 bits per heavy atom. The lowest BCUT2D eigenvalue weighted by Gasteiger charge is -2.32. The fourth-order valence-corrected chi connectivity index (χ4v) is 5.65. The molecule has 2 heterocycles. The Morgan fingerprint density at radius 1 is 1.38 bits per heavy atom. The maximum absolute atomic E-state index is 14.1. The first kappa shape index (κ1) is 17.1. The maximum Gasteiger partial charge on any atom is 0.239 e. The van der Waals surface area contributed by atoms with Crippen LogP contribution in [0.25, 0.3) is 0 Å². The zero-order valence-corrected chi connectivity index (χ0v) is 14.3. The fourth-order valence-electron chi connectivity index (χ4n) is 3.55. The van der Waals surface area contributed by atoms with Gasteiger partial charge in [0.15, 0.2) is 9.84 Å². The van der Waals surface area contributed by atoms with Crippen molar-refractivity contribution in [3.8, 4) is 0 Å². The van der Waals surface area contributed by atoms with Crippen molar-refractivity contribution in [2.45, 2.75) is 31.7 Å².